The van der Waals surface area contributed by atoms with E-state index >= 15 is 0 Å². The Morgan fingerprint density at radius 2 is 1.67 bits per heavy atom. The lowest BCUT2D eigenvalue weighted by Gasteiger charge is -2.35. The molecule has 0 saturated carbocycles. The molecule has 3 aromatic carbocycles. The summed E-state index contributed by atoms with van der Waals surface area (Å²) in [4.78, 5) is 20.2. The number of carbonyl (C=O) groups excluding carboxylic acids is 1. The number of halogens is 1. The second kappa shape index (κ2) is 9.18. The third kappa shape index (κ3) is 4.15. The summed E-state index contributed by atoms with van der Waals surface area (Å²) in [5.41, 5.74) is 3.70. The third-order valence-electron chi connectivity index (χ3n) is 6.73. The zero-order valence-electron chi connectivity index (χ0n) is 18.8. The Morgan fingerprint density at radius 1 is 1.00 bits per heavy atom. The molecule has 33 heavy (non-hydrogen) atoms. The van der Waals surface area contributed by atoms with Crippen LogP contribution in [0.2, 0.25) is 0 Å². The fourth-order valence-corrected chi connectivity index (χ4v) is 5.03. The minimum Gasteiger partial charge on any atom is -0.342 e. The number of hydrogen-bond donors (Lipinski definition) is 0. The number of aromatic nitrogens is 2. The van der Waals surface area contributed by atoms with E-state index in [4.69, 9.17) is 4.98 Å². The van der Waals surface area contributed by atoms with Crippen molar-refractivity contribution < 1.29 is 9.18 Å². The van der Waals surface area contributed by atoms with Crippen LogP contribution >= 0.6 is 0 Å². The molecule has 2 heterocycles. The monoisotopic (exact) mass is 441 g/mol. The second-order valence-electron chi connectivity index (χ2n) is 8.73. The van der Waals surface area contributed by atoms with Gasteiger partial charge in [-0.05, 0) is 43.0 Å². The van der Waals surface area contributed by atoms with E-state index in [1.165, 1.54) is 6.07 Å². The summed E-state index contributed by atoms with van der Waals surface area (Å²) < 4.78 is 16.3. The first-order chi connectivity index (χ1) is 16.2. The highest BCUT2D eigenvalue weighted by molar-refractivity contribution is 5.84. The van der Waals surface area contributed by atoms with E-state index in [9.17, 15) is 9.18 Å². The molecule has 0 N–H and O–H groups in total. The SMILES string of the molecule is CC[C@@H](C(=O)N1CCC(n2c(-c3ccccc3)nc3ccc(F)cc32)CC1)c1ccccc1. The molecular formula is C28H28FN3O. The molecule has 1 saturated heterocycles. The lowest BCUT2D eigenvalue weighted by molar-refractivity contribution is -0.134. The fourth-order valence-electron chi connectivity index (χ4n) is 5.03. The van der Waals surface area contributed by atoms with Crippen molar-refractivity contribution in [1.29, 1.82) is 0 Å². The summed E-state index contributed by atoms with van der Waals surface area (Å²) in [6, 6.07) is 25.0. The number of rotatable bonds is 5. The fraction of sp³-hybridized carbons (Fsp3) is 0.286. The lowest BCUT2D eigenvalue weighted by atomic mass is 9.93. The smallest absolute Gasteiger partial charge is 0.230 e. The summed E-state index contributed by atoms with van der Waals surface area (Å²) in [7, 11) is 0. The van der Waals surface area contributed by atoms with Crippen LogP contribution in [0.15, 0.2) is 78.9 Å². The van der Waals surface area contributed by atoms with Gasteiger partial charge in [0.05, 0.1) is 17.0 Å². The molecule has 5 heteroatoms. The normalized spacial score (nSPS) is 15.6. The molecule has 4 nitrogen and oxygen atoms in total. The van der Waals surface area contributed by atoms with Crippen LogP contribution in [0.4, 0.5) is 4.39 Å². The second-order valence-corrected chi connectivity index (χ2v) is 8.73. The van der Waals surface area contributed by atoms with Gasteiger partial charge in [0.25, 0.3) is 0 Å². The van der Waals surface area contributed by atoms with Crippen molar-refractivity contribution in [3.8, 4) is 11.4 Å². The van der Waals surface area contributed by atoms with Crippen LogP contribution in [0.3, 0.4) is 0 Å². The molecule has 0 unspecified atom stereocenters. The van der Waals surface area contributed by atoms with E-state index in [2.05, 4.69) is 11.5 Å². The highest BCUT2D eigenvalue weighted by Crippen LogP contribution is 2.34. The maximum Gasteiger partial charge on any atom is 0.230 e. The molecule has 1 aliphatic rings. The standard InChI is InChI=1S/C28H28FN3O/c1-2-24(20-9-5-3-6-10-20)28(33)31-17-15-23(16-18-31)32-26-19-22(29)13-14-25(26)30-27(32)21-11-7-4-8-12-21/h3-14,19,23-24H,2,15-18H2,1H3/t24-/m1/s1. The van der Waals surface area contributed by atoms with Crippen molar-refractivity contribution in [2.45, 2.75) is 38.1 Å². The number of amides is 1. The topological polar surface area (TPSA) is 38.1 Å². The number of fused-ring (bicyclic) bond motifs is 1. The van der Waals surface area contributed by atoms with Crippen LogP contribution < -0.4 is 0 Å². The van der Waals surface area contributed by atoms with Gasteiger partial charge in [-0.1, -0.05) is 67.6 Å². The number of benzene rings is 3. The van der Waals surface area contributed by atoms with E-state index in [0.717, 1.165) is 47.2 Å². The Balaban J connectivity index is 1.42. The van der Waals surface area contributed by atoms with Crippen LogP contribution in [-0.2, 0) is 4.79 Å². The molecule has 4 aromatic rings. The lowest BCUT2D eigenvalue weighted by Crippen LogP contribution is -2.41. The highest BCUT2D eigenvalue weighted by atomic mass is 19.1. The van der Waals surface area contributed by atoms with Gasteiger partial charge in [0, 0.05) is 24.7 Å². The van der Waals surface area contributed by atoms with Crippen LogP contribution in [0, 0.1) is 5.82 Å². The molecule has 1 fully saturated rings. The van der Waals surface area contributed by atoms with Crippen LogP contribution in [0.5, 0.6) is 0 Å². The van der Waals surface area contributed by atoms with E-state index in [0.29, 0.717) is 13.1 Å². The Morgan fingerprint density at radius 3 is 2.33 bits per heavy atom. The maximum absolute atomic E-state index is 14.2. The Hall–Kier alpha value is -3.47. The molecule has 0 spiro atoms. The number of likely N-dealkylation sites (tertiary alicyclic amines) is 1. The van der Waals surface area contributed by atoms with Gasteiger partial charge in [0.2, 0.25) is 5.91 Å². The first-order valence-electron chi connectivity index (χ1n) is 11.7. The zero-order chi connectivity index (χ0) is 22.8. The maximum atomic E-state index is 14.2. The van der Waals surface area contributed by atoms with Gasteiger partial charge in [-0.2, -0.15) is 0 Å². The van der Waals surface area contributed by atoms with Crippen molar-refractivity contribution in [3.63, 3.8) is 0 Å². The van der Waals surface area contributed by atoms with Gasteiger partial charge >= 0.3 is 0 Å². The number of hydrogen-bond acceptors (Lipinski definition) is 2. The number of piperidine rings is 1. The average molecular weight is 442 g/mol. The predicted octanol–water partition coefficient (Wildman–Crippen LogP) is 6.20. The van der Waals surface area contributed by atoms with Crippen molar-refractivity contribution in [2.24, 2.45) is 0 Å². The van der Waals surface area contributed by atoms with Gasteiger partial charge in [-0.25, -0.2) is 9.37 Å². The van der Waals surface area contributed by atoms with Gasteiger partial charge in [-0.3, -0.25) is 4.79 Å². The molecule has 5 rings (SSSR count). The molecule has 168 valence electrons. The summed E-state index contributed by atoms with van der Waals surface area (Å²) in [6.07, 6.45) is 2.42. The summed E-state index contributed by atoms with van der Waals surface area (Å²) in [5, 5.41) is 0. The predicted molar refractivity (Wildman–Crippen MR) is 129 cm³/mol. The zero-order valence-corrected chi connectivity index (χ0v) is 18.8. The van der Waals surface area contributed by atoms with Gasteiger partial charge < -0.3 is 9.47 Å². The van der Waals surface area contributed by atoms with Crippen LogP contribution in [-0.4, -0.2) is 33.4 Å². The Labute approximate surface area is 193 Å². The van der Waals surface area contributed by atoms with Crippen LogP contribution in [0.25, 0.3) is 22.4 Å². The number of nitrogens with zero attached hydrogens (tertiary/aromatic N) is 3. The molecule has 0 aliphatic carbocycles. The molecule has 1 aliphatic heterocycles. The summed E-state index contributed by atoms with van der Waals surface area (Å²) in [5.74, 6) is 0.694. The molecule has 1 atom stereocenters. The molecular weight excluding hydrogens is 413 g/mol. The van der Waals surface area contributed by atoms with Gasteiger partial charge in [0.1, 0.15) is 11.6 Å². The highest BCUT2D eigenvalue weighted by Gasteiger charge is 2.30. The van der Waals surface area contributed by atoms with Crippen LogP contribution in [0.1, 0.15) is 43.7 Å². The Kier molecular flexibility index (Phi) is 5.95. The van der Waals surface area contributed by atoms with E-state index in [1.54, 1.807) is 12.1 Å². The minimum absolute atomic E-state index is 0.106. The molecule has 0 radical (unpaired) electrons. The number of imidazole rings is 1. The largest absolute Gasteiger partial charge is 0.342 e. The molecule has 0 bridgehead atoms. The molecule has 1 aromatic heterocycles. The Bertz CT molecular complexity index is 1240. The average Bonchev–Trinajstić information content (AvgIpc) is 3.24. The summed E-state index contributed by atoms with van der Waals surface area (Å²) >= 11 is 0. The third-order valence-corrected chi connectivity index (χ3v) is 6.73. The van der Waals surface area contributed by atoms with E-state index < -0.39 is 0 Å². The van der Waals surface area contributed by atoms with Crippen molar-refractivity contribution >= 4 is 16.9 Å². The van der Waals surface area contributed by atoms with Crippen molar-refractivity contribution in [3.05, 3.63) is 90.2 Å². The molecule has 1 amide bonds. The van der Waals surface area contributed by atoms with Gasteiger partial charge in [0.15, 0.2) is 0 Å². The summed E-state index contributed by atoms with van der Waals surface area (Å²) in [6.45, 7) is 3.45. The van der Waals surface area contributed by atoms with E-state index in [1.807, 2.05) is 65.6 Å². The first kappa shape index (κ1) is 21.4. The quantitative estimate of drug-likeness (QED) is 0.370. The number of carbonyl (C=O) groups is 1. The van der Waals surface area contributed by atoms with E-state index in [-0.39, 0.29) is 23.7 Å². The van der Waals surface area contributed by atoms with Gasteiger partial charge in [-0.15, -0.1) is 0 Å². The van der Waals surface area contributed by atoms with Crippen molar-refractivity contribution in [2.75, 3.05) is 13.1 Å². The van der Waals surface area contributed by atoms with Crippen molar-refractivity contribution in [1.82, 2.24) is 14.5 Å². The first-order valence-corrected chi connectivity index (χ1v) is 11.7. The minimum atomic E-state index is -0.260.